The SMILES string of the molecule is Cc1cc(C(=O)NC(C)C)ccc1NC(=O)c1cc(F)ccc1F. The lowest BCUT2D eigenvalue weighted by molar-refractivity contribution is 0.0942. The maximum Gasteiger partial charge on any atom is 0.258 e. The van der Waals surface area contributed by atoms with Gasteiger partial charge in [0.15, 0.2) is 0 Å². The summed E-state index contributed by atoms with van der Waals surface area (Å²) in [5.74, 6) is -2.48. The number of amides is 2. The summed E-state index contributed by atoms with van der Waals surface area (Å²) in [6, 6.07) is 7.42. The molecule has 2 N–H and O–H groups in total. The summed E-state index contributed by atoms with van der Waals surface area (Å²) in [5.41, 5.74) is 1.13. The topological polar surface area (TPSA) is 58.2 Å². The molecule has 0 saturated carbocycles. The predicted octanol–water partition coefficient (Wildman–Crippen LogP) is 3.66. The Bertz CT molecular complexity index is 789. The average molecular weight is 332 g/mol. The molecule has 0 fully saturated rings. The molecule has 2 aromatic rings. The van der Waals surface area contributed by atoms with Crippen molar-refractivity contribution >= 4 is 17.5 Å². The number of rotatable bonds is 4. The fraction of sp³-hybridized carbons (Fsp3) is 0.222. The van der Waals surface area contributed by atoms with E-state index in [0.717, 1.165) is 18.2 Å². The average Bonchev–Trinajstić information content (AvgIpc) is 2.50. The number of benzene rings is 2. The van der Waals surface area contributed by atoms with Crippen molar-refractivity contribution < 1.29 is 18.4 Å². The van der Waals surface area contributed by atoms with E-state index in [4.69, 9.17) is 0 Å². The van der Waals surface area contributed by atoms with Crippen LogP contribution in [0.2, 0.25) is 0 Å². The van der Waals surface area contributed by atoms with Crippen LogP contribution in [0.1, 0.15) is 40.1 Å². The number of anilines is 1. The molecular weight excluding hydrogens is 314 g/mol. The van der Waals surface area contributed by atoms with E-state index in [1.165, 1.54) is 0 Å². The van der Waals surface area contributed by atoms with E-state index < -0.39 is 17.5 Å². The van der Waals surface area contributed by atoms with Gasteiger partial charge in [-0.15, -0.1) is 0 Å². The van der Waals surface area contributed by atoms with Gasteiger partial charge in [-0.2, -0.15) is 0 Å². The largest absolute Gasteiger partial charge is 0.350 e. The number of halogens is 2. The molecule has 2 rings (SSSR count). The van der Waals surface area contributed by atoms with Gasteiger partial charge >= 0.3 is 0 Å². The fourth-order valence-corrected chi connectivity index (χ4v) is 2.15. The first kappa shape index (κ1) is 17.6. The summed E-state index contributed by atoms with van der Waals surface area (Å²) in [4.78, 5) is 24.1. The van der Waals surface area contributed by atoms with Gasteiger partial charge in [-0.25, -0.2) is 8.78 Å². The van der Waals surface area contributed by atoms with Crippen molar-refractivity contribution in [3.05, 3.63) is 64.7 Å². The second-order valence-corrected chi connectivity index (χ2v) is 5.74. The van der Waals surface area contributed by atoms with Gasteiger partial charge in [0, 0.05) is 17.3 Å². The van der Waals surface area contributed by atoms with Crippen molar-refractivity contribution in [2.75, 3.05) is 5.32 Å². The maximum atomic E-state index is 13.6. The van der Waals surface area contributed by atoms with Gasteiger partial charge in [0.05, 0.1) is 5.56 Å². The molecule has 0 atom stereocenters. The first-order valence-electron chi connectivity index (χ1n) is 7.46. The first-order valence-corrected chi connectivity index (χ1v) is 7.46. The van der Waals surface area contributed by atoms with Crippen LogP contribution in [0, 0.1) is 18.6 Å². The van der Waals surface area contributed by atoms with Gasteiger partial charge in [0.1, 0.15) is 11.6 Å². The summed E-state index contributed by atoms with van der Waals surface area (Å²) < 4.78 is 26.8. The summed E-state index contributed by atoms with van der Waals surface area (Å²) in [6.07, 6.45) is 0. The third-order valence-corrected chi connectivity index (χ3v) is 3.33. The molecule has 0 saturated heterocycles. The van der Waals surface area contributed by atoms with Crippen molar-refractivity contribution in [1.29, 1.82) is 0 Å². The molecule has 2 amide bonds. The van der Waals surface area contributed by atoms with Crippen LogP contribution in [-0.2, 0) is 0 Å². The Morgan fingerprint density at radius 3 is 2.33 bits per heavy atom. The van der Waals surface area contributed by atoms with Crippen LogP contribution in [0.25, 0.3) is 0 Å². The van der Waals surface area contributed by atoms with Gasteiger partial charge < -0.3 is 10.6 Å². The van der Waals surface area contributed by atoms with Crippen molar-refractivity contribution in [1.82, 2.24) is 5.32 Å². The number of carbonyl (C=O) groups is 2. The minimum Gasteiger partial charge on any atom is -0.350 e. The zero-order valence-corrected chi connectivity index (χ0v) is 13.6. The smallest absolute Gasteiger partial charge is 0.258 e. The van der Waals surface area contributed by atoms with Crippen LogP contribution >= 0.6 is 0 Å². The van der Waals surface area contributed by atoms with Crippen LogP contribution in [0.4, 0.5) is 14.5 Å². The van der Waals surface area contributed by atoms with Gasteiger partial charge in [-0.1, -0.05) is 0 Å². The lowest BCUT2D eigenvalue weighted by Crippen LogP contribution is -2.30. The van der Waals surface area contributed by atoms with Gasteiger partial charge in [0.2, 0.25) is 0 Å². The van der Waals surface area contributed by atoms with E-state index in [9.17, 15) is 18.4 Å². The van der Waals surface area contributed by atoms with E-state index in [0.29, 0.717) is 16.8 Å². The van der Waals surface area contributed by atoms with Crippen molar-refractivity contribution in [3.63, 3.8) is 0 Å². The van der Waals surface area contributed by atoms with E-state index in [-0.39, 0.29) is 17.5 Å². The van der Waals surface area contributed by atoms with Crippen molar-refractivity contribution in [3.8, 4) is 0 Å². The number of carbonyl (C=O) groups excluding carboxylic acids is 2. The van der Waals surface area contributed by atoms with E-state index in [2.05, 4.69) is 10.6 Å². The molecule has 0 aromatic heterocycles. The lowest BCUT2D eigenvalue weighted by atomic mass is 10.1. The lowest BCUT2D eigenvalue weighted by Gasteiger charge is -2.12. The van der Waals surface area contributed by atoms with Crippen LogP contribution < -0.4 is 10.6 Å². The molecule has 0 radical (unpaired) electrons. The van der Waals surface area contributed by atoms with Crippen LogP contribution in [0.5, 0.6) is 0 Å². The van der Waals surface area contributed by atoms with Crippen molar-refractivity contribution in [2.24, 2.45) is 0 Å². The van der Waals surface area contributed by atoms with Crippen LogP contribution in [-0.4, -0.2) is 17.9 Å². The highest BCUT2D eigenvalue weighted by Crippen LogP contribution is 2.19. The quantitative estimate of drug-likeness (QED) is 0.897. The summed E-state index contributed by atoms with van der Waals surface area (Å²) in [5, 5.41) is 5.29. The van der Waals surface area contributed by atoms with Crippen LogP contribution in [0.3, 0.4) is 0 Å². The number of nitrogens with one attached hydrogen (secondary N) is 2. The minimum absolute atomic E-state index is 0.00753. The fourth-order valence-electron chi connectivity index (χ4n) is 2.15. The third-order valence-electron chi connectivity index (χ3n) is 3.33. The molecule has 0 aliphatic heterocycles. The number of aryl methyl sites for hydroxylation is 1. The molecule has 0 aliphatic carbocycles. The maximum absolute atomic E-state index is 13.6. The summed E-state index contributed by atoms with van der Waals surface area (Å²) in [6.45, 7) is 5.42. The standard InChI is InChI=1S/C18H18F2N2O2/c1-10(2)21-17(23)12-4-7-16(11(3)8-12)22-18(24)14-9-13(19)5-6-15(14)20/h4-10H,1-3H3,(H,21,23)(H,22,24). The van der Waals surface area contributed by atoms with E-state index in [1.54, 1.807) is 25.1 Å². The Morgan fingerprint density at radius 2 is 1.71 bits per heavy atom. The molecule has 4 nitrogen and oxygen atoms in total. The summed E-state index contributed by atoms with van der Waals surface area (Å²) >= 11 is 0. The molecule has 0 bridgehead atoms. The molecule has 0 spiro atoms. The zero-order valence-electron chi connectivity index (χ0n) is 13.6. The molecule has 126 valence electrons. The van der Waals surface area contributed by atoms with Gasteiger partial charge in [-0.05, 0) is 62.7 Å². The second-order valence-electron chi connectivity index (χ2n) is 5.74. The van der Waals surface area contributed by atoms with Crippen LogP contribution in [0.15, 0.2) is 36.4 Å². The summed E-state index contributed by atoms with van der Waals surface area (Å²) in [7, 11) is 0. The predicted molar refractivity (Wildman–Crippen MR) is 88.1 cm³/mol. The van der Waals surface area contributed by atoms with Gasteiger partial charge in [-0.3, -0.25) is 9.59 Å². The van der Waals surface area contributed by atoms with Crippen molar-refractivity contribution in [2.45, 2.75) is 26.8 Å². The monoisotopic (exact) mass is 332 g/mol. The Labute approximate surface area is 138 Å². The normalized spacial score (nSPS) is 10.6. The van der Waals surface area contributed by atoms with E-state index >= 15 is 0 Å². The van der Waals surface area contributed by atoms with Gasteiger partial charge in [0.25, 0.3) is 11.8 Å². The highest BCUT2D eigenvalue weighted by Gasteiger charge is 2.15. The zero-order chi connectivity index (χ0) is 17.9. The first-order chi connectivity index (χ1) is 11.3. The second kappa shape index (κ2) is 7.21. The highest BCUT2D eigenvalue weighted by molar-refractivity contribution is 6.05. The van der Waals surface area contributed by atoms with E-state index in [1.807, 2.05) is 13.8 Å². The minimum atomic E-state index is -0.806. The Hall–Kier alpha value is -2.76. The number of hydrogen-bond acceptors (Lipinski definition) is 2. The Balaban J connectivity index is 2.20. The molecule has 6 heteroatoms. The molecule has 0 unspecified atom stereocenters. The Morgan fingerprint density at radius 1 is 1.00 bits per heavy atom. The third kappa shape index (κ3) is 4.16. The highest BCUT2D eigenvalue weighted by atomic mass is 19.1. The molecular formula is C18H18F2N2O2. The number of hydrogen-bond donors (Lipinski definition) is 2. The Kier molecular flexibility index (Phi) is 5.28. The molecule has 0 aliphatic rings. The molecule has 24 heavy (non-hydrogen) atoms. The molecule has 2 aromatic carbocycles. The molecule has 0 heterocycles.